The molecule has 3 rings (SSSR count). The first kappa shape index (κ1) is 15.7. The third-order valence-corrected chi connectivity index (χ3v) is 4.39. The van der Waals surface area contributed by atoms with E-state index in [0.717, 1.165) is 13.1 Å². The lowest BCUT2D eigenvalue weighted by Crippen LogP contribution is -2.47. The topological polar surface area (TPSA) is 62.5 Å². The average molecular weight is 377 g/mol. The van der Waals surface area contributed by atoms with Crippen LogP contribution in [0, 0.1) is 17.0 Å². The molecular formula is C16H17BrN4O2. The van der Waals surface area contributed by atoms with E-state index in [-0.39, 0.29) is 10.6 Å². The molecule has 23 heavy (non-hydrogen) atoms. The van der Waals surface area contributed by atoms with E-state index in [9.17, 15) is 10.1 Å². The molecular weight excluding hydrogens is 360 g/mol. The Kier molecular flexibility index (Phi) is 4.47. The summed E-state index contributed by atoms with van der Waals surface area (Å²) in [6.07, 6.45) is 1.61. The Labute approximate surface area is 143 Å². The Balaban J connectivity index is 1.76. The first-order chi connectivity index (χ1) is 11.0. The van der Waals surface area contributed by atoms with Crippen molar-refractivity contribution < 1.29 is 4.92 Å². The first-order valence-corrected chi connectivity index (χ1v) is 8.20. The van der Waals surface area contributed by atoms with Crippen molar-refractivity contribution in [3.05, 3.63) is 56.7 Å². The van der Waals surface area contributed by atoms with Crippen molar-refractivity contribution in [1.82, 2.24) is 4.98 Å². The molecule has 0 aliphatic carbocycles. The fraction of sp³-hybridized carbons (Fsp3) is 0.312. The van der Waals surface area contributed by atoms with Crippen LogP contribution in [0.2, 0.25) is 0 Å². The Hall–Kier alpha value is -2.15. The molecule has 0 unspecified atom stereocenters. The molecule has 1 fully saturated rings. The fourth-order valence-electron chi connectivity index (χ4n) is 2.80. The minimum absolute atomic E-state index is 0.0448. The second kappa shape index (κ2) is 6.54. The van der Waals surface area contributed by atoms with Gasteiger partial charge in [0.15, 0.2) is 0 Å². The number of benzene rings is 1. The van der Waals surface area contributed by atoms with Crippen molar-refractivity contribution >= 4 is 33.1 Å². The van der Waals surface area contributed by atoms with Crippen molar-refractivity contribution in [1.29, 1.82) is 0 Å². The molecule has 1 saturated heterocycles. The number of nitro groups is 1. The predicted octanol–water partition coefficient (Wildman–Crippen LogP) is 3.39. The molecule has 1 aliphatic rings. The Bertz CT molecular complexity index is 730. The van der Waals surface area contributed by atoms with Gasteiger partial charge in [-0.1, -0.05) is 12.1 Å². The summed E-state index contributed by atoms with van der Waals surface area (Å²) in [5, 5.41) is 11.2. The molecule has 1 aromatic heterocycles. The minimum atomic E-state index is -0.375. The smallest absolute Gasteiger partial charge is 0.312 e. The lowest BCUT2D eigenvalue weighted by Gasteiger charge is -2.36. The predicted molar refractivity (Wildman–Crippen MR) is 94.2 cm³/mol. The SMILES string of the molecule is Cc1cccc(N2CCN(c3ncc(Br)cc3[N+](=O)[O-])CC2)c1. The highest BCUT2D eigenvalue weighted by Gasteiger charge is 2.25. The minimum Gasteiger partial charge on any atom is -0.368 e. The van der Waals surface area contributed by atoms with Crippen LogP contribution in [-0.4, -0.2) is 36.1 Å². The van der Waals surface area contributed by atoms with Crippen molar-refractivity contribution in [2.24, 2.45) is 0 Å². The van der Waals surface area contributed by atoms with E-state index in [4.69, 9.17) is 0 Å². The normalized spacial score (nSPS) is 14.9. The third-order valence-electron chi connectivity index (χ3n) is 3.96. The van der Waals surface area contributed by atoms with E-state index in [0.29, 0.717) is 23.4 Å². The van der Waals surface area contributed by atoms with E-state index >= 15 is 0 Å². The van der Waals surface area contributed by atoms with Crippen LogP contribution >= 0.6 is 15.9 Å². The monoisotopic (exact) mass is 376 g/mol. The second-order valence-electron chi connectivity index (χ2n) is 5.57. The van der Waals surface area contributed by atoms with Gasteiger partial charge in [0, 0.05) is 48.6 Å². The van der Waals surface area contributed by atoms with Crippen LogP contribution in [0.4, 0.5) is 17.2 Å². The number of nitrogens with zero attached hydrogens (tertiary/aromatic N) is 4. The molecule has 1 aromatic carbocycles. The number of piperazine rings is 1. The van der Waals surface area contributed by atoms with E-state index in [1.165, 1.54) is 17.3 Å². The van der Waals surface area contributed by atoms with Gasteiger partial charge in [0.25, 0.3) is 0 Å². The number of aromatic nitrogens is 1. The van der Waals surface area contributed by atoms with Gasteiger partial charge in [-0.15, -0.1) is 0 Å². The van der Waals surface area contributed by atoms with Crippen LogP contribution in [0.3, 0.4) is 0 Å². The molecule has 120 valence electrons. The summed E-state index contributed by atoms with van der Waals surface area (Å²) in [4.78, 5) is 19.4. The number of rotatable bonds is 3. The lowest BCUT2D eigenvalue weighted by molar-refractivity contribution is -0.384. The highest BCUT2D eigenvalue weighted by molar-refractivity contribution is 9.10. The fourth-order valence-corrected chi connectivity index (χ4v) is 3.12. The van der Waals surface area contributed by atoms with E-state index in [1.807, 2.05) is 4.90 Å². The Morgan fingerprint density at radius 3 is 2.52 bits per heavy atom. The van der Waals surface area contributed by atoms with Gasteiger partial charge in [-0.05, 0) is 40.5 Å². The quantitative estimate of drug-likeness (QED) is 0.606. The van der Waals surface area contributed by atoms with Crippen LogP contribution < -0.4 is 9.80 Å². The Morgan fingerprint density at radius 2 is 1.87 bits per heavy atom. The number of aryl methyl sites for hydroxylation is 1. The molecule has 0 spiro atoms. The summed E-state index contributed by atoms with van der Waals surface area (Å²) < 4.78 is 0.617. The molecule has 0 atom stereocenters. The maximum absolute atomic E-state index is 11.2. The summed E-state index contributed by atoms with van der Waals surface area (Å²) in [7, 11) is 0. The summed E-state index contributed by atoms with van der Waals surface area (Å²) in [6, 6.07) is 9.90. The summed E-state index contributed by atoms with van der Waals surface area (Å²) in [6.45, 7) is 5.14. The van der Waals surface area contributed by atoms with Crippen LogP contribution in [0.15, 0.2) is 41.0 Å². The Morgan fingerprint density at radius 1 is 1.17 bits per heavy atom. The van der Waals surface area contributed by atoms with E-state index in [1.54, 1.807) is 6.20 Å². The van der Waals surface area contributed by atoms with Gasteiger partial charge in [-0.2, -0.15) is 0 Å². The molecule has 0 amide bonds. The van der Waals surface area contributed by atoms with Gasteiger partial charge in [-0.3, -0.25) is 10.1 Å². The molecule has 2 aromatic rings. The molecule has 0 radical (unpaired) electrons. The van der Waals surface area contributed by atoms with Crippen LogP contribution in [-0.2, 0) is 0 Å². The molecule has 0 bridgehead atoms. The molecule has 0 N–H and O–H groups in total. The van der Waals surface area contributed by atoms with Crippen molar-refractivity contribution in [2.45, 2.75) is 6.92 Å². The number of halogens is 1. The maximum atomic E-state index is 11.2. The molecule has 0 saturated carbocycles. The zero-order valence-corrected chi connectivity index (χ0v) is 14.4. The van der Waals surface area contributed by atoms with Gasteiger partial charge in [0.2, 0.25) is 5.82 Å². The first-order valence-electron chi connectivity index (χ1n) is 7.41. The molecule has 2 heterocycles. The maximum Gasteiger partial charge on any atom is 0.312 e. The summed E-state index contributed by atoms with van der Waals surface area (Å²) >= 11 is 3.24. The highest BCUT2D eigenvalue weighted by Crippen LogP contribution is 2.29. The number of pyridine rings is 1. The second-order valence-corrected chi connectivity index (χ2v) is 6.48. The largest absolute Gasteiger partial charge is 0.368 e. The summed E-state index contributed by atoms with van der Waals surface area (Å²) in [5.74, 6) is 0.446. The van der Waals surface area contributed by atoms with E-state index in [2.05, 4.69) is 57.0 Å². The molecule has 1 aliphatic heterocycles. The van der Waals surface area contributed by atoms with Crippen LogP contribution in [0.5, 0.6) is 0 Å². The van der Waals surface area contributed by atoms with Crippen LogP contribution in [0.1, 0.15) is 5.56 Å². The van der Waals surface area contributed by atoms with Gasteiger partial charge < -0.3 is 9.80 Å². The van der Waals surface area contributed by atoms with Crippen LogP contribution in [0.25, 0.3) is 0 Å². The lowest BCUT2D eigenvalue weighted by atomic mass is 10.2. The van der Waals surface area contributed by atoms with E-state index < -0.39 is 0 Å². The van der Waals surface area contributed by atoms with Gasteiger partial charge in [0.1, 0.15) is 0 Å². The zero-order chi connectivity index (χ0) is 16.4. The van der Waals surface area contributed by atoms with Crippen molar-refractivity contribution in [3.63, 3.8) is 0 Å². The van der Waals surface area contributed by atoms with Crippen molar-refractivity contribution in [3.8, 4) is 0 Å². The standard InChI is InChI=1S/C16H17BrN4O2/c1-12-3-2-4-14(9-12)19-5-7-20(8-6-19)16-15(21(22)23)10-13(17)11-18-16/h2-4,9-11H,5-8H2,1H3. The highest BCUT2D eigenvalue weighted by atomic mass is 79.9. The third kappa shape index (κ3) is 3.44. The number of anilines is 2. The molecule has 7 heteroatoms. The van der Waals surface area contributed by atoms with Crippen molar-refractivity contribution in [2.75, 3.05) is 36.0 Å². The summed E-state index contributed by atoms with van der Waals surface area (Å²) in [5.41, 5.74) is 2.47. The van der Waals surface area contributed by atoms with Gasteiger partial charge in [-0.25, -0.2) is 4.98 Å². The number of hydrogen-bond donors (Lipinski definition) is 0. The average Bonchev–Trinajstić information content (AvgIpc) is 2.55. The van der Waals surface area contributed by atoms with Gasteiger partial charge >= 0.3 is 5.69 Å². The number of hydrogen-bond acceptors (Lipinski definition) is 5. The van der Waals surface area contributed by atoms with Gasteiger partial charge in [0.05, 0.1) is 4.92 Å². The zero-order valence-electron chi connectivity index (χ0n) is 12.8. The molecule has 6 nitrogen and oxygen atoms in total.